The fourth-order valence-electron chi connectivity index (χ4n) is 16.0. The van der Waals surface area contributed by atoms with Gasteiger partial charge in [-0.25, -0.2) is 0 Å². The highest BCUT2D eigenvalue weighted by atomic mass is 35.5. The number of carbonyl (C=O) groups excluding carboxylic acids is 4. The quantitative estimate of drug-likeness (QED) is 0.0537. The molecule has 34 heteroatoms. The van der Waals surface area contributed by atoms with Gasteiger partial charge in [-0.1, -0.05) is 102 Å². The van der Waals surface area contributed by atoms with E-state index in [1.807, 2.05) is 194 Å². The van der Waals surface area contributed by atoms with Crippen molar-refractivity contribution in [1.29, 1.82) is 0 Å². The van der Waals surface area contributed by atoms with Crippen molar-refractivity contribution in [1.82, 2.24) is 68.9 Å². The van der Waals surface area contributed by atoms with Crippen LogP contribution in [0.4, 0.5) is 0 Å². The van der Waals surface area contributed by atoms with Crippen LogP contribution in [0.2, 0.25) is 20.1 Å². The number of aryl methyl sites for hydroxylation is 6. The number of aromatic nitrogens is 12. The molecule has 8 aromatic heterocycles. The van der Waals surface area contributed by atoms with E-state index >= 15 is 0 Å². The lowest BCUT2D eigenvalue weighted by Crippen LogP contribution is -2.44. The van der Waals surface area contributed by atoms with Crippen LogP contribution in [0, 0.1) is 55.4 Å². The Morgan fingerprint density at radius 3 is 1.12 bits per heavy atom. The number of rotatable bonds is 19. The van der Waals surface area contributed by atoms with Gasteiger partial charge in [-0.05, 0) is 214 Å². The molecule has 0 unspecified atom stereocenters. The van der Waals surface area contributed by atoms with Crippen molar-refractivity contribution in [3.05, 3.63) is 251 Å². The maximum Gasteiger partial charge on any atom is 0.308 e. The van der Waals surface area contributed by atoms with Gasteiger partial charge in [0.05, 0.1) is 42.1 Å². The highest BCUT2D eigenvalue weighted by Gasteiger charge is 2.40. The Kier molecular flexibility index (Phi) is 29.7. The topological polar surface area (TPSA) is 284 Å². The molecule has 0 N–H and O–H groups in total. The fraction of sp³-hybridized carbons (Fsp3) is 0.417. The third kappa shape index (κ3) is 21.8. The highest BCUT2D eigenvalue weighted by molar-refractivity contribution is 7.16. The van der Waals surface area contributed by atoms with Crippen molar-refractivity contribution >= 4 is 138 Å². The van der Waals surface area contributed by atoms with Crippen LogP contribution in [-0.2, 0) is 51.2 Å². The van der Waals surface area contributed by atoms with Crippen molar-refractivity contribution in [2.24, 2.45) is 20.0 Å². The van der Waals surface area contributed by atoms with E-state index in [2.05, 4.69) is 115 Å². The summed E-state index contributed by atoms with van der Waals surface area (Å²) >= 11 is 31.2. The number of nitrogens with zero attached hydrogens (tertiary/aromatic N) is 18. The summed E-state index contributed by atoms with van der Waals surface area (Å²) in [6, 6.07) is 30.7. The number of thiophene rings is 4. The molecule has 4 atom stereocenters. The molecular weight excluding hydrogens is 1800 g/mol. The first-order valence-electron chi connectivity index (χ1n) is 43.3. The molecule has 26 nitrogen and oxygen atoms in total. The van der Waals surface area contributed by atoms with Gasteiger partial charge in [-0.15, -0.1) is 86.1 Å². The molecular formula is C96H108Cl4N18O8S4. The van der Waals surface area contributed by atoms with Crippen molar-refractivity contribution in [3.8, 4) is 20.0 Å². The van der Waals surface area contributed by atoms with Crippen LogP contribution in [0.3, 0.4) is 0 Å². The minimum absolute atomic E-state index is 0.0481. The van der Waals surface area contributed by atoms with Gasteiger partial charge in [0, 0.05) is 132 Å². The molecule has 4 aromatic carbocycles. The Morgan fingerprint density at radius 1 is 0.415 bits per heavy atom. The minimum atomic E-state index is -0.592. The zero-order chi connectivity index (χ0) is 93.3. The van der Waals surface area contributed by atoms with Crippen LogP contribution in [0.15, 0.2) is 128 Å². The predicted octanol–water partition coefficient (Wildman–Crippen LogP) is 20.9. The van der Waals surface area contributed by atoms with Crippen molar-refractivity contribution in [3.63, 3.8) is 0 Å². The summed E-state index contributed by atoms with van der Waals surface area (Å²) in [4.78, 5) is 80.2. The summed E-state index contributed by atoms with van der Waals surface area (Å²) in [6.45, 7) is 40.9. The number of Topliss-reactive ketones (excluding diaryl/α,β-unsaturated/α-hetero) is 1. The lowest BCUT2D eigenvalue weighted by molar-refractivity contribution is -0.156. The van der Waals surface area contributed by atoms with Gasteiger partial charge in [-0.2, -0.15) is 0 Å². The smallest absolute Gasteiger partial charge is 0.308 e. The number of benzene rings is 4. The van der Waals surface area contributed by atoms with Crippen LogP contribution in [0.1, 0.15) is 254 Å². The highest BCUT2D eigenvalue weighted by Crippen LogP contribution is 2.45. The lowest BCUT2D eigenvalue weighted by Gasteiger charge is -2.32. The number of hydrogen-bond acceptors (Lipinski definition) is 26. The van der Waals surface area contributed by atoms with Crippen LogP contribution < -0.4 is 0 Å². The van der Waals surface area contributed by atoms with Crippen LogP contribution >= 0.6 is 91.8 Å². The largest absolute Gasteiger partial charge is 0.460 e. The number of methoxy groups -OCH3 is 1. The third-order valence-electron chi connectivity index (χ3n) is 22.4. The molecule has 1 fully saturated rings. The fourth-order valence-corrected chi connectivity index (χ4v) is 21.0. The number of halogens is 4. The van der Waals surface area contributed by atoms with Gasteiger partial charge in [-0.3, -0.25) is 57.4 Å². The Bertz CT molecular complexity index is 6320. The predicted molar refractivity (Wildman–Crippen MR) is 518 cm³/mol. The summed E-state index contributed by atoms with van der Waals surface area (Å²) in [5, 5.41) is 44.0. The summed E-state index contributed by atoms with van der Waals surface area (Å²) in [5.41, 5.74) is 13.0. The van der Waals surface area contributed by atoms with E-state index in [0.29, 0.717) is 56.2 Å². The summed E-state index contributed by atoms with van der Waals surface area (Å²) in [5.74, 6) is 4.97. The average Bonchev–Trinajstić information content (AvgIpc) is 1.62. The summed E-state index contributed by atoms with van der Waals surface area (Å²) in [6.07, 6.45) is 2.70. The SMILES string of the molecule is CCc1nnc2n1-c1sc(C)c(C)c1C(c1ccc(Cl)cc1)=N[C@H]2CC(=O)OC(C)(C)C.COCc1nnc2n1-c1sc(C)c(C)c1C(c1ccc(Cl)cc1)=N[C@H]2CC(=O)OC(C)(C)C.Cc1nnc2n1-c1sccc1C(c1ccc(Cl)cc1)=N[C@H]2CC(=O)OC(C)(C)C.Cc1sc2c(c1C)C(c1ccc(Cl)cc1)=N[C@@H](CC(=O)CCCN1CCN(C)CC1)c1nnc(C)n1-2. The molecule has 12 aromatic rings. The van der Waals surface area contributed by atoms with E-state index in [-0.39, 0.29) is 55.6 Å². The Balaban J connectivity index is 0.000000140. The minimum Gasteiger partial charge on any atom is -0.460 e. The number of ether oxygens (including phenoxy) is 4. The molecule has 5 aliphatic rings. The average molecular weight is 1910 g/mol. The molecule has 0 bridgehead atoms. The number of likely N-dealkylation sites (N-methyl/N-ethyl adjacent to an activating group) is 1. The molecule has 1 saturated heterocycles. The summed E-state index contributed by atoms with van der Waals surface area (Å²) < 4.78 is 30.3. The zero-order valence-corrected chi connectivity index (χ0v) is 83.1. The first kappa shape index (κ1) is 96.1. The number of fused-ring (bicyclic) bond motifs is 12. The molecule has 682 valence electrons. The standard InChI is InChI=1S/C27H33ClN6OS.C24H27ClN4O3S.C24H27ClN4O2S.C21H21ClN4O2S/c1-17-18(2)36-27-24(17)25(20-7-9-21(28)10-8-20)29-23(26-31-30-19(3)34(26)27)16-22(35)6-5-11-33-14-12-32(4)13-15-33;1-13-14(2)33-23-20(13)21(15-7-9-16(25)10-8-15)26-17(11-19(30)32-24(3,4)5)22-28-27-18(12-31-6)29(22)23;1-7-18-27-28-22-17(12-19(30)31-24(4,5)6)26-21(15-8-10-16(25)11-9-15)20-13(2)14(3)32-23(20)29(18)22;1-12-24-25-19-16(11-17(27)28-21(2,3)4)23-18(13-5-7-14(22)8-6-13)15-9-10-29-20(15)26(12)19/h7-10,23H,5-6,11-16H2,1-4H3;7-10,17H,11-12H2,1-6H3;8-11,17H,7,12H2,1-6H3;5-10,16H,11H2,1-4H3/t23-;2*17-;16-/m0000/s1. The van der Waals surface area contributed by atoms with E-state index in [9.17, 15) is 19.2 Å². The van der Waals surface area contributed by atoms with Crippen LogP contribution in [0.25, 0.3) is 20.0 Å². The molecule has 0 spiro atoms. The molecule has 0 saturated carbocycles. The Hall–Kier alpha value is -9.96. The summed E-state index contributed by atoms with van der Waals surface area (Å²) in [7, 11) is 3.78. The normalized spacial score (nSPS) is 16.4. The molecule has 5 aliphatic heterocycles. The van der Waals surface area contributed by atoms with Gasteiger partial charge in [0.2, 0.25) is 0 Å². The van der Waals surface area contributed by atoms with Gasteiger partial charge >= 0.3 is 17.9 Å². The molecule has 130 heavy (non-hydrogen) atoms. The van der Waals surface area contributed by atoms with Gasteiger partial charge < -0.3 is 28.7 Å². The maximum atomic E-state index is 13.2. The molecule has 0 radical (unpaired) electrons. The number of carbonyl (C=O) groups is 4. The van der Waals surface area contributed by atoms with Crippen molar-refractivity contribution in [2.75, 3.05) is 46.9 Å². The second-order valence-corrected chi connectivity index (χ2v) is 41.9. The zero-order valence-electron chi connectivity index (χ0n) is 76.9. The Labute approximate surface area is 794 Å². The van der Waals surface area contributed by atoms with Crippen LogP contribution in [0.5, 0.6) is 0 Å². The lowest BCUT2D eigenvalue weighted by atomic mass is 9.99. The second-order valence-electron chi connectivity index (χ2n) is 35.7. The second kappa shape index (κ2) is 40.2. The molecule has 17 rings (SSSR count). The number of esters is 3. The van der Waals surface area contributed by atoms with E-state index in [4.69, 9.17) is 85.3 Å². The van der Waals surface area contributed by atoms with Gasteiger partial charge in [0.1, 0.15) is 90.8 Å². The first-order valence-corrected chi connectivity index (χ1v) is 48.1. The van der Waals surface area contributed by atoms with Crippen LogP contribution in [-0.4, -0.2) is 179 Å². The molecule has 0 aliphatic carbocycles. The van der Waals surface area contributed by atoms with E-state index < -0.39 is 34.9 Å². The van der Waals surface area contributed by atoms with Gasteiger partial charge in [0.15, 0.2) is 29.1 Å². The molecule has 13 heterocycles. The maximum absolute atomic E-state index is 13.2. The monoisotopic (exact) mass is 1910 g/mol. The van der Waals surface area contributed by atoms with E-state index in [0.717, 1.165) is 162 Å². The van der Waals surface area contributed by atoms with Gasteiger partial charge in [0.25, 0.3) is 0 Å². The third-order valence-corrected chi connectivity index (χ3v) is 27.9. The number of hydrogen-bond donors (Lipinski definition) is 0. The Morgan fingerprint density at radius 2 is 0.746 bits per heavy atom. The first-order chi connectivity index (χ1) is 61.7. The number of piperazine rings is 1. The number of ketones is 1. The number of aliphatic imine (C=N–C) groups is 4. The van der Waals surface area contributed by atoms with Crippen molar-refractivity contribution in [2.45, 2.75) is 217 Å². The molecule has 0 amide bonds. The van der Waals surface area contributed by atoms with E-state index in [1.165, 1.54) is 25.8 Å². The van der Waals surface area contributed by atoms with Crippen molar-refractivity contribution < 1.29 is 38.1 Å². The van der Waals surface area contributed by atoms with E-state index in [1.54, 1.807) is 52.5 Å².